The summed E-state index contributed by atoms with van der Waals surface area (Å²) in [6.07, 6.45) is 5.19. The van der Waals surface area contributed by atoms with E-state index < -0.39 is 0 Å². The molecule has 1 N–H and O–H groups in total. The van der Waals surface area contributed by atoms with Gasteiger partial charge < -0.3 is 9.47 Å². The van der Waals surface area contributed by atoms with Crippen LogP contribution in [0.15, 0.2) is 6.07 Å². The molecule has 1 saturated heterocycles. The highest BCUT2D eigenvalue weighted by Gasteiger charge is 2.51. The van der Waals surface area contributed by atoms with Crippen LogP contribution in [0.4, 0.5) is 0 Å². The molecule has 3 rings (SSSR count). The Morgan fingerprint density at radius 2 is 2.09 bits per heavy atom. The zero-order valence-corrected chi connectivity index (χ0v) is 13.6. The summed E-state index contributed by atoms with van der Waals surface area (Å²) in [6, 6.07) is 4.15. The third-order valence-corrected chi connectivity index (χ3v) is 5.43. The minimum atomic E-state index is -0.381. The monoisotopic (exact) mass is 300 g/mol. The molecule has 1 aliphatic heterocycles. The van der Waals surface area contributed by atoms with Gasteiger partial charge in [-0.15, -0.1) is 0 Å². The molecule has 1 unspecified atom stereocenters. The van der Waals surface area contributed by atoms with Gasteiger partial charge >= 0.3 is 0 Å². The lowest BCUT2D eigenvalue weighted by atomic mass is 9.81. The molecular formula is C17H24N4O. The van der Waals surface area contributed by atoms with Gasteiger partial charge in [-0.1, -0.05) is 19.3 Å². The van der Waals surface area contributed by atoms with E-state index in [0.29, 0.717) is 12.2 Å². The van der Waals surface area contributed by atoms with E-state index in [1.165, 1.54) is 6.42 Å². The van der Waals surface area contributed by atoms with Crippen molar-refractivity contribution in [2.45, 2.75) is 57.7 Å². The highest BCUT2D eigenvalue weighted by atomic mass is 16.2. The Kier molecular flexibility index (Phi) is 3.73. The lowest BCUT2D eigenvalue weighted by molar-refractivity contribution is -0.134. The highest BCUT2D eigenvalue weighted by Crippen LogP contribution is 2.40. The van der Waals surface area contributed by atoms with Crippen LogP contribution < -0.4 is 5.32 Å². The average molecular weight is 300 g/mol. The van der Waals surface area contributed by atoms with E-state index in [2.05, 4.69) is 11.4 Å². The van der Waals surface area contributed by atoms with Crippen LogP contribution in [0, 0.1) is 18.3 Å². The Labute approximate surface area is 131 Å². The summed E-state index contributed by atoms with van der Waals surface area (Å²) in [6.45, 7) is 4.73. The molecule has 0 aromatic carbocycles. The number of carbonyl (C=O) groups excluding carboxylic acids is 1. The summed E-state index contributed by atoms with van der Waals surface area (Å²) in [5, 5.41) is 12.9. The molecule has 1 saturated carbocycles. The number of rotatable bonds is 2. The molecule has 0 radical (unpaired) electrons. The Morgan fingerprint density at radius 1 is 1.41 bits per heavy atom. The van der Waals surface area contributed by atoms with E-state index in [0.717, 1.165) is 36.9 Å². The van der Waals surface area contributed by atoms with Crippen LogP contribution in [-0.4, -0.2) is 27.5 Å². The molecule has 0 bridgehead atoms. The van der Waals surface area contributed by atoms with Crippen molar-refractivity contribution < 1.29 is 4.79 Å². The quantitative estimate of drug-likeness (QED) is 0.912. The van der Waals surface area contributed by atoms with E-state index in [-0.39, 0.29) is 17.6 Å². The zero-order valence-electron chi connectivity index (χ0n) is 13.6. The molecule has 1 aromatic heterocycles. The van der Waals surface area contributed by atoms with Gasteiger partial charge in [0.1, 0.15) is 17.9 Å². The Balaban J connectivity index is 2.00. The number of hydrogen-bond acceptors (Lipinski definition) is 3. The summed E-state index contributed by atoms with van der Waals surface area (Å²) in [5.74, 6) is 0.237. The zero-order chi connectivity index (χ0) is 15.9. The minimum Gasteiger partial charge on any atom is -0.340 e. The van der Waals surface area contributed by atoms with Crippen LogP contribution in [0.25, 0.3) is 0 Å². The van der Waals surface area contributed by atoms with E-state index in [1.807, 2.05) is 36.4 Å². The molecule has 2 aliphatic rings. The first kappa shape index (κ1) is 15.1. The number of nitrogens with zero attached hydrogens (tertiary/aromatic N) is 3. The van der Waals surface area contributed by atoms with Crippen LogP contribution >= 0.6 is 0 Å². The van der Waals surface area contributed by atoms with Gasteiger partial charge in [0.15, 0.2) is 0 Å². The van der Waals surface area contributed by atoms with Crippen molar-refractivity contribution in [3.63, 3.8) is 0 Å². The number of carbonyl (C=O) groups is 1. The number of hydrogen-bond donors (Lipinski definition) is 1. The van der Waals surface area contributed by atoms with Gasteiger partial charge in [-0.3, -0.25) is 10.1 Å². The van der Waals surface area contributed by atoms with Gasteiger partial charge in [0, 0.05) is 24.8 Å². The third kappa shape index (κ3) is 2.05. The summed E-state index contributed by atoms with van der Waals surface area (Å²) < 4.78 is 1.90. The fourth-order valence-corrected chi connectivity index (χ4v) is 3.99. The lowest BCUT2D eigenvalue weighted by Crippen LogP contribution is -2.48. The van der Waals surface area contributed by atoms with Crippen molar-refractivity contribution in [2.24, 2.45) is 7.05 Å². The van der Waals surface area contributed by atoms with E-state index >= 15 is 0 Å². The molecule has 2 fully saturated rings. The highest BCUT2D eigenvalue weighted by molar-refractivity contribution is 5.89. The molecule has 118 valence electrons. The maximum absolute atomic E-state index is 13.0. The molecule has 2 heterocycles. The number of nitrogens with one attached hydrogen (secondary N) is 1. The molecule has 1 aromatic rings. The molecule has 1 aliphatic carbocycles. The van der Waals surface area contributed by atoms with E-state index in [4.69, 9.17) is 0 Å². The van der Waals surface area contributed by atoms with Crippen LogP contribution in [0.1, 0.15) is 62.1 Å². The lowest BCUT2D eigenvalue weighted by Gasteiger charge is -2.31. The fraction of sp³-hybridized carbons (Fsp3) is 0.647. The largest absolute Gasteiger partial charge is 0.340 e. The molecule has 1 spiro atoms. The summed E-state index contributed by atoms with van der Waals surface area (Å²) in [7, 11) is 1.90. The van der Waals surface area contributed by atoms with Gasteiger partial charge in [-0.05, 0) is 32.8 Å². The van der Waals surface area contributed by atoms with Crippen molar-refractivity contribution in [1.29, 1.82) is 5.26 Å². The topological polar surface area (TPSA) is 61.1 Å². The van der Waals surface area contributed by atoms with Crippen LogP contribution in [0.5, 0.6) is 0 Å². The average Bonchev–Trinajstić information content (AvgIpc) is 2.96. The number of amides is 1. The number of nitriles is 1. The van der Waals surface area contributed by atoms with E-state index in [1.54, 1.807) is 0 Å². The predicted octanol–water partition coefficient (Wildman–Crippen LogP) is 2.36. The molecule has 5 heteroatoms. The summed E-state index contributed by atoms with van der Waals surface area (Å²) in [4.78, 5) is 14.9. The fourth-order valence-electron chi connectivity index (χ4n) is 3.99. The van der Waals surface area contributed by atoms with Crippen LogP contribution in [0.2, 0.25) is 0 Å². The maximum Gasteiger partial charge on any atom is 0.244 e. The van der Waals surface area contributed by atoms with Crippen molar-refractivity contribution in [3.05, 3.63) is 23.0 Å². The minimum absolute atomic E-state index is 0.108. The Bertz CT molecular complexity index is 634. The number of aromatic nitrogens is 1. The second kappa shape index (κ2) is 5.44. The van der Waals surface area contributed by atoms with Gasteiger partial charge in [0.25, 0.3) is 0 Å². The Morgan fingerprint density at radius 3 is 2.64 bits per heavy atom. The molecular weight excluding hydrogens is 276 g/mol. The molecule has 5 nitrogen and oxygen atoms in total. The smallest absolute Gasteiger partial charge is 0.244 e. The standard InChI is InChI=1S/C17H24N4O/c1-4-21-15(14-10-13(11-18)20(3)12(14)2)19-17(16(21)22)8-6-5-7-9-17/h10,15,19H,4-9H2,1-3H3. The summed E-state index contributed by atoms with van der Waals surface area (Å²) in [5.41, 5.74) is 2.36. The molecule has 22 heavy (non-hydrogen) atoms. The van der Waals surface area contributed by atoms with Crippen LogP contribution in [0.3, 0.4) is 0 Å². The van der Waals surface area contributed by atoms with Gasteiger partial charge in [0.2, 0.25) is 5.91 Å². The first-order chi connectivity index (χ1) is 10.5. The van der Waals surface area contributed by atoms with Gasteiger partial charge in [0.05, 0.1) is 5.54 Å². The first-order valence-electron chi connectivity index (χ1n) is 8.19. The summed E-state index contributed by atoms with van der Waals surface area (Å²) >= 11 is 0. The molecule has 1 atom stereocenters. The second-order valence-corrected chi connectivity index (χ2v) is 6.52. The predicted molar refractivity (Wildman–Crippen MR) is 83.9 cm³/mol. The van der Waals surface area contributed by atoms with Crippen molar-refractivity contribution >= 4 is 5.91 Å². The maximum atomic E-state index is 13.0. The van der Waals surface area contributed by atoms with Crippen molar-refractivity contribution in [3.8, 4) is 6.07 Å². The first-order valence-corrected chi connectivity index (χ1v) is 8.19. The SMILES string of the molecule is CCN1C(=O)C2(CCCCC2)NC1c1cc(C#N)n(C)c1C. The second-order valence-electron chi connectivity index (χ2n) is 6.52. The third-order valence-electron chi connectivity index (χ3n) is 5.43. The van der Waals surface area contributed by atoms with Gasteiger partial charge in [-0.2, -0.15) is 5.26 Å². The Hall–Kier alpha value is -1.80. The van der Waals surface area contributed by atoms with Crippen molar-refractivity contribution in [1.82, 2.24) is 14.8 Å². The van der Waals surface area contributed by atoms with Crippen molar-refractivity contribution in [2.75, 3.05) is 6.54 Å². The van der Waals surface area contributed by atoms with Crippen LogP contribution in [-0.2, 0) is 11.8 Å². The normalized spacial score (nSPS) is 24.0. The van der Waals surface area contributed by atoms with E-state index in [9.17, 15) is 10.1 Å². The van der Waals surface area contributed by atoms with Gasteiger partial charge in [-0.25, -0.2) is 0 Å². The number of likely N-dealkylation sites (N-methyl/N-ethyl adjacent to an activating group) is 1. The molecule has 1 amide bonds.